The number of methoxy groups -OCH3 is 1. The van der Waals surface area contributed by atoms with Gasteiger partial charge in [0, 0.05) is 10.6 Å². The maximum atomic E-state index is 12.6. The van der Waals surface area contributed by atoms with Gasteiger partial charge in [-0.25, -0.2) is 8.42 Å². The molecule has 0 bridgehead atoms. The molecule has 9 heteroatoms. The number of aromatic nitrogens is 2. The Bertz CT molecular complexity index is 1250. The molecule has 0 unspecified atom stereocenters. The van der Waals surface area contributed by atoms with Gasteiger partial charge in [0.15, 0.2) is 15.6 Å². The summed E-state index contributed by atoms with van der Waals surface area (Å²) in [6, 6.07) is 16.4. The number of benzene rings is 2. The van der Waals surface area contributed by atoms with Gasteiger partial charge in [-0.15, -0.1) is 0 Å². The Labute approximate surface area is 171 Å². The number of hydrogen-bond donors (Lipinski definition) is 0. The van der Waals surface area contributed by atoms with Crippen molar-refractivity contribution in [3.05, 3.63) is 71.4 Å². The normalized spacial score (nSPS) is 11.5. The molecule has 4 aromatic rings. The number of ether oxygens (including phenoxy) is 1. The van der Waals surface area contributed by atoms with Crippen LogP contribution in [0.25, 0.3) is 23.0 Å². The van der Waals surface area contributed by atoms with Crippen LogP contribution in [0.15, 0.2) is 74.5 Å². The highest BCUT2D eigenvalue weighted by molar-refractivity contribution is 7.90. The van der Waals surface area contributed by atoms with E-state index in [9.17, 15) is 8.42 Å². The van der Waals surface area contributed by atoms with Crippen molar-refractivity contribution in [2.45, 2.75) is 10.6 Å². The summed E-state index contributed by atoms with van der Waals surface area (Å²) in [4.78, 5) is 4.46. The van der Waals surface area contributed by atoms with Crippen LogP contribution in [-0.4, -0.2) is 25.7 Å². The minimum atomic E-state index is -3.58. The van der Waals surface area contributed by atoms with E-state index in [1.807, 2.05) is 0 Å². The van der Waals surface area contributed by atoms with Gasteiger partial charge in [-0.3, -0.25) is 0 Å². The summed E-state index contributed by atoms with van der Waals surface area (Å²) < 4.78 is 41.1. The minimum absolute atomic E-state index is 0.146. The van der Waals surface area contributed by atoms with Crippen molar-refractivity contribution >= 4 is 21.4 Å². The standard InChI is InChI=1S/C20H15ClN2O5S/c1-26-15-5-8-17(9-6-15)29(24,25)12-16-7-10-18(27-16)20-22-19(23-28-20)13-3-2-4-14(21)11-13/h2-11H,12H2,1H3. The highest BCUT2D eigenvalue weighted by Crippen LogP contribution is 2.27. The average Bonchev–Trinajstić information content (AvgIpc) is 3.37. The van der Waals surface area contributed by atoms with Crippen LogP contribution in [0.4, 0.5) is 0 Å². The smallest absolute Gasteiger partial charge is 0.293 e. The van der Waals surface area contributed by atoms with E-state index >= 15 is 0 Å². The van der Waals surface area contributed by atoms with E-state index in [1.54, 1.807) is 48.5 Å². The molecule has 0 saturated heterocycles. The van der Waals surface area contributed by atoms with E-state index in [1.165, 1.54) is 19.2 Å². The second kappa shape index (κ2) is 7.73. The van der Waals surface area contributed by atoms with Crippen molar-refractivity contribution in [3.63, 3.8) is 0 Å². The van der Waals surface area contributed by atoms with Crippen LogP contribution in [-0.2, 0) is 15.6 Å². The van der Waals surface area contributed by atoms with Crippen LogP contribution in [0.3, 0.4) is 0 Å². The molecule has 0 amide bonds. The summed E-state index contributed by atoms with van der Waals surface area (Å²) in [6.45, 7) is 0. The predicted octanol–water partition coefficient (Wildman–Crippen LogP) is 4.63. The first-order valence-electron chi connectivity index (χ1n) is 8.50. The van der Waals surface area contributed by atoms with Gasteiger partial charge < -0.3 is 13.7 Å². The van der Waals surface area contributed by atoms with E-state index < -0.39 is 9.84 Å². The van der Waals surface area contributed by atoms with Crippen LogP contribution < -0.4 is 4.74 Å². The summed E-state index contributed by atoms with van der Waals surface area (Å²) in [5, 5.41) is 4.47. The first kappa shape index (κ1) is 19.2. The number of furan rings is 1. The van der Waals surface area contributed by atoms with E-state index in [4.69, 9.17) is 25.3 Å². The van der Waals surface area contributed by atoms with Gasteiger partial charge in [-0.05, 0) is 48.5 Å². The molecule has 2 heterocycles. The summed E-state index contributed by atoms with van der Waals surface area (Å²) in [5.41, 5.74) is 0.696. The fourth-order valence-electron chi connectivity index (χ4n) is 2.69. The molecule has 0 atom stereocenters. The van der Waals surface area contributed by atoms with E-state index in [0.717, 1.165) is 0 Å². The fraction of sp³-hybridized carbons (Fsp3) is 0.100. The maximum Gasteiger partial charge on any atom is 0.293 e. The second-order valence-corrected chi connectivity index (χ2v) is 8.56. The molecule has 0 aliphatic carbocycles. The molecule has 0 aliphatic rings. The highest BCUT2D eigenvalue weighted by Gasteiger charge is 2.20. The van der Waals surface area contributed by atoms with Crippen molar-refractivity contribution in [2.24, 2.45) is 0 Å². The Kier molecular flexibility index (Phi) is 5.12. The molecule has 2 aromatic carbocycles. The molecule has 4 rings (SSSR count). The third-order valence-electron chi connectivity index (χ3n) is 4.13. The predicted molar refractivity (Wildman–Crippen MR) is 106 cm³/mol. The minimum Gasteiger partial charge on any atom is -0.497 e. The quantitative estimate of drug-likeness (QED) is 0.440. The summed E-state index contributed by atoms with van der Waals surface area (Å²) in [7, 11) is -2.06. The highest BCUT2D eigenvalue weighted by atomic mass is 35.5. The van der Waals surface area contributed by atoms with Crippen LogP contribution >= 0.6 is 11.6 Å². The van der Waals surface area contributed by atoms with Gasteiger partial charge in [0.25, 0.3) is 5.89 Å². The molecular weight excluding hydrogens is 416 g/mol. The lowest BCUT2D eigenvalue weighted by atomic mass is 10.2. The van der Waals surface area contributed by atoms with Crippen LogP contribution in [0.5, 0.6) is 5.75 Å². The number of sulfone groups is 1. The molecule has 0 saturated carbocycles. The molecule has 29 heavy (non-hydrogen) atoms. The first-order chi connectivity index (χ1) is 13.9. The molecule has 0 radical (unpaired) electrons. The molecule has 0 aliphatic heterocycles. The van der Waals surface area contributed by atoms with Crippen LogP contribution in [0.2, 0.25) is 5.02 Å². The third-order valence-corrected chi connectivity index (χ3v) is 6.02. The molecular formula is C20H15ClN2O5S. The van der Waals surface area contributed by atoms with E-state index in [2.05, 4.69) is 10.1 Å². The summed E-state index contributed by atoms with van der Waals surface area (Å²) in [6.07, 6.45) is 0. The van der Waals surface area contributed by atoms with Crippen LogP contribution in [0.1, 0.15) is 5.76 Å². The van der Waals surface area contributed by atoms with Gasteiger partial charge in [-0.2, -0.15) is 4.98 Å². The van der Waals surface area contributed by atoms with Gasteiger partial charge in [0.2, 0.25) is 5.82 Å². The zero-order chi connectivity index (χ0) is 20.4. The topological polar surface area (TPSA) is 95.4 Å². The molecule has 0 N–H and O–H groups in total. The Morgan fingerprint density at radius 2 is 1.86 bits per heavy atom. The van der Waals surface area contributed by atoms with E-state index in [-0.39, 0.29) is 28.1 Å². The molecule has 0 spiro atoms. The number of nitrogens with zero attached hydrogens (tertiary/aromatic N) is 2. The summed E-state index contributed by atoms with van der Waals surface area (Å²) in [5.74, 6) is 1.33. The monoisotopic (exact) mass is 430 g/mol. The second-order valence-electron chi connectivity index (χ2n) is 6.13. The SMILES string of the molecule is COc1ccc(S(=O)(=O)Cc2ccc(-c3nc(-c4cccc(Cl)c4)no3)o2)cc1. The lowest BCUT2D eigenvalue weighted by molar-refractivity contribution is 0.413. The Balaban J connectivity index is 1.54. The van der Waals surface area contributed by atoms with Crippen LogP contribution in [0, 0.1) is 0 Å². The van der Waals surface area contributed by atoms with Crippen molar-refractivity contribution < 1.29 is 22.1 Å². The molecule has 148 valence electrons. The molecule has 7 nitrogen and oxygen atoms in total. The first-order valence-corrected chi connectivity index (χ1v) is 10.5. The lowest BCUT2D eigenvalue weighted by Crippen LogP contribution is -2.04. The van der Waals surface area contributed by atoms with Gasteiger partial charge in [0.1, 0.15) is 17.3 Å². The van der Waals surface area contributed by atoms with Gasteiger partial charge in [-0.1, -0.05) is 28.9 Å². The molecule has 0 fully saturated rings. The lowest BCUT2D eigenvalue weighted by Gasteiger charge is -2.04. The van der Waals surface area contributed by atoms with Gasteiger partial charge in [0.05, 0.1) is 12.0 Å². The van der Waals surface area contributed by atoms with E-state index in [0.29, 0.717) is 22.2 Å². The molecule has 2 aromatic heterocycles. The van der Waals surface area contributed by atoms with Gasteiger partial charge >= 0.3 is 0 Å². The van der Waals surface area contributed by atoms with Crippen molar-refractivity contribution in [1.82, 2.24) is 10.1 Å². The average molecular weight is 431 g/mol. The Hall–Kier alpha value is -3.10. The Morgan fingerprint density at radius 3 is 2.59 bits per heavy atom. The van der Waals surface area contributed by atoms with Crippen molar-refractivity contribution in [3.8, 4) is 28.8 Å². The zero-order valence-corrected chi connectivity index (χ0v) is 16.8. The zero-order valence-electron chi connectivity index (χ0n) is 15.2. The fourth-order valence-corrected chi connectivity index (χ4v) is 4.13. The Morgan fingerprint density at radius 1 is 1.07 bits per heavy atom. The number of hydrogen-bond acceptors (Lipinski definition) is 7. The number of rotatable bonds is 6. The number of halogens is 1. The van der Waals surface area contributed by atoms with Crippen molar-refractivity contribution in [2.75, 3.05) is 7.11 Å². The maximum absolute atomic E-state index is 12.6. The largest absolute Gasteiger partial charge is 0.497 e. The third kappa shape index (κ3) is 4.18. The summed E-state index contributed by atoms with van der Waals surface area (Å²) >= 11 is 5.98. The van der Waals surface area contributed by atoms with Crippen molar-refractivity contribution in [1.29, 1.82) is 0 Å².